The molecule has 3 nitrogen and oxygen atoms in total. The van der Waals surface area contributed by atoms with Crippen molar-refractivity contribution in [3.05, 3.63) is 63.1 Å². The van der Waals surface area contributed by atoms with E-state index < -0.39 is 5.66 Å². The van der Waals surface area contributed by atoms with Crippen LogP contribution in [0.3, 0.4) is 0 Å². The average Bonchev–Trinajstić information content (AvgIpc) is 2.88. The molecular weight excluding hydrogens is 361 g/mol. The van der Waals surface area contributed by atoms with Gasteiger partial charge < -0.3 is 5.32 Å². The Labute approximate surface area is 157 Å². The first kappa shape index (κ1) is 17.5. The number of halogens is 2. The summed E-state index contributed by atoms with van der Waals surface area (Å²) >= 11 is 18.0. The Bertz CT molecular complexity index is 809. The Balaban J connectivity index is 2.00. The molecule has 1 heterocycles. The molecule has 0 aliphatic carbocycles. The van der Waals surface area contributed by atoms with Gasteiger partial charge in [-0.05, 0) is 67.9 Å². The van der Waals surface area contributed by atoms with Gasteiger partial charge in [0.2, 0.25) is 0 Å². The molecule has 2 N–H and O–H groups in total. The molecule has 2 aromatic rings. The molecule has 6 heteroatoms. The fraction of sp³-hybridized carbons (Fsp3) is 0.278. The Hall–Kier alpha value is -1.33. The molecule has 2 aromatic carbocycles. The van der Waals surface area contributed by atoms with Crippen LogP contribution in [0.1, 0.15) is 30.0 Å². The molecule has 0 amide bonds. The van der Waals surface area contributed by atoms with Crippen LogP contribution >= 0.6 is 35.4 Å². The van der Waals surface area contributed by atoms with Gasteiger partial charge in [0.1, 0.15) is 5.66 Å². The van der Waals surface area contributed by atoms with Crippen LogP contribution in [-0.2, 0) is 5.66 Å². The van der Waals surface area contributed by atoms with E-state index in [1.807, 2.05) is 17.1 Å². The van der Waals surface area contributed by atoms with E-state index in [0.29, 0.717) is 15.2 Å². The minimum absolute atomic E-state index is 0.558. The monoisotopic (exact) mass is 379 g/mol. The molecule has 0 radical (unpaired) electrons. The van der Waals surface area contributed by atoms with Crippen molar-refractivity contribution in [2.45, 2.75) is 32.9 Å². The van der Waals surface area contributed by atoms with E-state index in [4.69, 9.17) is 35.4 Å². The maximum absolute atomic E-state index is 6.44. The normalized spacial score (nSPS) is 20.4. The molecule has 24 heavy (non-hydrogen) atoms. The minimum atomic E-state index is -0.558. The van der Waals surface area contributed by atoms with Gasteiger partial charge in [0.25, 0.3) is 0 Å². The molecule has 1 atom stereocenters. The number of benzene rings is 2. The highest BCUT2D eigenvalue weighted by Gasteiger charge is 2.42. The first-order valence-electron chi connectivity index (χ1n) is 7.79. The number of anilines is 1. The zero-order valence-corrected chi connectivity index (χ0v) is 16.1. The smallest absolute Gasteiger partial charge is 0.190 e. The molecule has 3 rings (SSSR count). The second-order valence-corrected chi connectivity index (χ2v) is 7.26. The summed E-state index contributed by atoms with van der Waals surface area (Å²) in [6.07, 6.45) is 0.760. The van der Waals surface area contributed by atoms with E-state index in [0.717, 1.165) is 17.7 Å². The number of nitrogens with zero attached hydrogens (tertiary/aromatic N) is 1. The van der Waals surface area contributed by atoms with E-state index in [1.54, 1.807) is 6.07 Å². The van der Waals surface area contributed by atoms with Crippen LogP contribution in [-0.4, -0.2) is 5.11 Å². The van der Waals surface area contributed by atoms with Crippen molar-refractivity contribution in [1.29, 1.82) is 0 Å². The van der Waals surface area contributed by atoms with E-state index in [2.05, 4.69) is 49.7 Å². The minimum Gasteiger partial charge on any atom is -0.338 e. The van der Waals surface area contributed by atoms with E-state index >= 15 is 0 Å². The van der Waals surface area contributed by atoms with Gasteiger partial charge >= 0.3 is 0 Å². The van der Waals surface area contributed by atoms with Gasteiger partial charge in [-0.3, -0.25) is 0 Å². The second kappa shape index (κ2) is 6.52. The Morgan fingerprint density at radius 1 is 1.08 bits per heavy atom. The average molecular weight is 380 g/mol. The fourth-order valence-corrected chi connectivity index (χ4v) is 3.77. The predicted molar refractivity (Wildman–Crippen MR) is 106 cm³/mol. The maximum atomic E-state index is 6.44. The highest BCUT2D eigenvalue weighted by atomic mass is 35.5. The summed E-state index contributed by atoms with van der Waals surface area (Å²) in [6.45, 7) is 6.27. The number of hydrogen-bond acceptors (Lipinski definition) is 2. The maximum Gasteiger partial charge on any atom is 0.190 e. The molecule has 1 aliphatic heterocycles. The van der Waals surface area contributed by atoms with Gasteiger partial charge in [-0.15, -0.1) is 0 Å². The van der Waals surface area contributed by atoms with Gasteiger partial charge in [-0.25, -0.2) is 5.01 Å². The van der Waals surface area contributed by atoms with Crippen molar-refractivity contribution in [3.8, 4) is 0 Å². The van der Waals surface area contributed by atoms with Crippen LogP contribution in [0.4, 0.5) is 5.69 Å². The molecule has 1 saturated heterocycles. The summed E-state index contributed by atoms with van der Waals surface area (Å²) in [4.78, 5) is 0. The summed E-state index contributed by atoms with van der Waals surface area (Å²) in [6, 6.07) is 11.8. The van der Waals surface area contributed by atoms with Gasteiger partial charge in [-0.1, -0.05) is 42.3 Å². The van der Waals surface area contributed by atoms with Crippen molar-refractivity contribution in [2.24, 2.45) is 0 Å². The first-order chi connectivity index (χ1) is 11.4. The van der Waals surface area contributed by atoms with E-state index in [1.165, 1.54) is 11.1 Å². The third kappa shape index (κ3) is 3.00. The van der Waals surface area contributed by atoms with Crippen LogP contribution in [0.5, 0.6) is 0 Å². The Morgan fingerprint density at radius 2 is 1.83 bits per heavy atom. The van der Waals surface area contributed by atoms with Gasteiger partial charge in [0, 0.05) is 15.6 Å². The van der Waals surface area contributed by atoms with Crippen LogP contribution in [0.25, 0.3) is 0 Å². The summed E-state index contributed by atoms with van der Waals surface area (Å²) in [5.74, 6) is 0. The summed E-state index contributed by atoms with van der Waals surface area (Å²) in [5.41, 5.74) is 7.32. The quantitative estimate of drug-likeness (QED) is 0.727. The van der Waals surface area contributed by atoms with Gasteiger partial charge in [0.15, 0.2) is 5.11 Å². The lowest BCUT2D eigenvalue weighted by Gasteiger charge is -2.30. The topological polar surface area (TPSA) is 27.3 Å². The SMILES string of the molecule is CC[C@]1(c2ccc(Cl)cc2Cl)NC(=S)N(c2ccc(C)c(C)c2)N1. The lowest BCUT2D eigenvalue weighted by molar-refractivity contribution is 0.337. The Morgan fingerprint density at radius 3 is 2.46 bits per heavy atom. The summed E-state index contributed by atoms with van der Waals surface area (Å²) in [7, 11) is 0. The molecule has 1 fully saturated rings. The van der Waals surface area contributed by atoms with Crippen molar-refractivity contribution in [2.75, 3.05) is 5.01 Å². The zero-order valence-electron chi connectivity index (χ0n) is 13.8. The van der Waals surface area contributed by atoms with Gasteiger partial charge in [0.05, 0.1) is 5.69 Å². The Kier molecular flexibility index (Phi) is 4.76. The second-order valence-electron chi connectivity index (χ2n) is 6.03. The fourth-order valence-electron chi connectivity index (χ4n) is 2.88. The predicted octanol–water partition coefficient (Wildman–Crippen LogP) is 5.07. The van der Waals surface area contributed by atoms with Crippen LogP contribution in [0.15, 0.2) is 36.4 Å². The largest absolute Gasteiger partial charge is 0.338 e. The molecular formula is C18H19Cl2N3S. The number of aryl methyl sites for hydroxylation is 2. The molecule has 126 valence electrons. The molecule has 0 aromatic heterocycles. The van der Waals surface area contributed by atoms with Crippen LogP contribution in [0.2, 0.25) is 10.0 Å². The molecule has 0 spiro atoms. The van der Waals surface area contributed by atoms with E-state index in [-0.39, 0.29) is 0 Å². The molecule has 1 aliphatic rings. The lowest BCUT2D eigenvalue weighted by atomic mass is 9.97. The number of hydrogen-bond donors (Lipinski definition) is 2. The third-order valence-corrected chi connectivity index (χ3v) is 5.33. The standard InChI is InChI=1S/C18H19Cl2N3S/c1-4-18(15-8-6-13(19)10-16(15)20)21-17(24)23(22-18)14-7-5-11(2)12(3)9-14/h5-10,22H,4H2,1-3H3,(H,21,24)/t18-/m0/s1. The molecule has 0 saturated carbocycles. The molecule has 0 bridgehead atoms. The van der Waals surface area contributed by atoms with Crippen LogP contribution < -0.4 is 15.8 Å². The number of thiocarbonyl (C=S) groups is 1. The summed E-state index contributed by atoms with van der Waals surface area (Å²) < 4.78 is 0. The highest BCUT2D eigenvalue weighted by molar-refractivity contribution is 7.80. The zero-order chi connectivity index (χ0) is 17.5. The van der Waals surface area contributed by atoms with Crippen molar-refractivity contribution in [3.63, 3.8) is 0 Å². The number of hydrazine groups is 1. The third-order valence-electron chi connectivity index (χ3n) is 4.50. The lowest BCUT2D eigenvalue weighted by Crippen LogP contribution is -2.48. The van der Waals surface area contributed by atoms with Crippen molar-refractivity contribution >= 4 is 46.2 Å². The van der Waals surface area contributed by atoms with Crippen LogP contribution in [0, 0.1) is 13.8 Å². The van der Waals surface area contributed by atoms with Crippen molar-refractivity contribution in [1.82, 2.24) is 10.7 Å². The number of nitrogens with one attached hydrogen (secondary N) is 2. The van der Waals surface area contributed by atoms with Gasteiger partial charge in [-0.2, -0.15) is 5.43 Å². The first-order valence-corrected chi connectivity index (χ1v) is 8.95. The number of rotatable bonds is 3. The van der Waals surface area contributed by atoms with Crippen molar-refractivity contribution < 1.29 is 0 Å². The van der Waals surface area contributed by atoms with E-state index in [9.17, 15) is 0 Å². The summed E-state index contributed by atoms with van der Waals surface area (Å²) in [5, 5.41) is 7.13. The molecule has 0 unspecified atom stereocenters. The highest BCUT2D eigenvalue weighted by Crippen LogP contribution is 2.35.